The summed E-state index contributed by atoms with van der Waals surface area (Å²) in [7, 11) is 0. The van der Waals surface area contributed by atoms with Crippen LogP contribution in [0.1, 0.15) is 17.4 Å². The number of rotatable bonds is 2. The second-order valence-corrected chi connectivity index (χ2v) is 3.80. The molecular formula is C10H10Cl2O2. The normalized spacial score (nSPS) is 17.6. The monoisotopic (exact) mass is 232 g/mol. The van der Waals surface area contributed by atoms with E-state index in [0.717, 1.165) is 11.1 Å². The lowest BCUT2D eigenvalue weighted by molar-refractivity contribution is -0.0441. The van der Waals surface area contributed by atoms with Gasteiger partial charge in [0.05, 0.1) is 13.2 Å². The van der Waals surface area contributed by atoms with E-state index in [9.17, 15) is 0 Å². The third kappa shape index (κ3) is 2.20. The Hall–Kier alpha value is -0.280. The molecule has 2 rings (SSSR count). The first-order chi connectivity index (χ1) is 6.79. The van der Waals surface area contributed by atoms with Gasteiger partial charge in [0.1, 0.15) is 0 Å². The van der Waals surface area contributed by atoms with Gasteiger partial charge in [0.15, 0.2) is 6.29 Å². The summed E-state index contributed by atoms with van der Waals surface area (Å²) in [4.78, 5) is 0. The highest BCUT2D eigenvalue weighted by atomic mass is 35.5. The molecule has 1 aliphatic rings. The first-order valence-corrected chi connectivity index (χ1v) is 5.29. The van der Waals surface area contributed by atoms with E-state index < -0.39 is 0 Å². The van der Waals surface area contributed by atoms with Gasteiger partial charge in [-0.05, 0) is 23.8 Å². The summed E-state index contributed by atoms with van der Waals surface area (Å²) in [6, 6.07) is 5.63. The topological polar surface area (TPSA) is 18.5 Å². The van der Waals surface area contributed by atoms with Gasteiger partial charge in [0.2, 0.25) is 0 Å². The molecule has 0 bridgehead atoms. The van der Waals surface area contributed by atoms with Crippen molar-refractivity contribution in [1.29, 1.82) is 0 Å². The Morgan fingerprint density at radius 2 is 1.93 bits per heavy atom. The Kier molecular flexibility index (Phi) is 3.29. The van der Waals surface area contributed by atoms with Crippen LogP contribution in [0.2, 0.25) is 5.02 Å². The quantitative estimate of drug-likeness (QED) is 0.730. The molecule has 0 radical (unpaired) electrons. The molecule has 1 fully saturated rings. The number of alkyl halides is 1. The molecule has 1 heterocycles. The lowest BCUT2D eigenvalue weighted by Gasteiger charge is -2.10. The van der Waals surface area contributed by atoms with E-state index in [1.807, 2.05) is 18.2 Å². The summed E-state index contributed by atoms with van der Waals surface area (Å²) in [6.07, 6.45) is -0.282. The molecule has 0 aromatic heterocycles. The highest BCUT2D eigenvalue weighted by Gasteiger charge is 2.18. The minimum Gasteiger partial charge on any atom is -0.346 e. The molecule has 0 unspecified atom stereocenters. The number of hydrogen-bond acceptors (Lipinski definition) is 2. The lowest BCUT2D eigenvalue weighted by Crippen LogP contribution is -1.98. The Morgan fingerprint density at radius 3 is 2.57 bits per heavy atom. The smallest absolute Gasteiger partial charge is 0.184 e. The second-order valence-electron chi connectivity index (χ2n) is 3.10. The summed E-state index contributed by atoms with van der Waals surface area (Å²) in [5, 5.41) is 0.664. The van der Waals surface area contributed by atoms with Crippen LogP contribution in [0.15, 0.2) is 18.2 Å². The Balaban J connectivity index is 2.27. The van der Waals surface area contributed by atoms with E-state index >= 15 is 0 Å². The van der Waals surface area contributed by atoms with Gasteiger partial charge in [-0.25, -0.2) is 0 Å². The Bertz CT molecular complexity index is 322. The van der Waals surface area contributed by atoms with Crippen molar-refractivity contribution in [2.45, 2.75) is 12.2 Å². The molecule has 2 nitrogen and oxygen atoms in total. The van der Waals surface area contributed by atoms with Crippen LogP contribution in [0.4, 0.5) is 0 Å². The molecule has 0 aliphatic carbocycles. The summed E-state index contributed by atoms with van der Waals surface area (Å²) in [5.74, 6) is 0.445. The van der Waals surface area contributed by atoms with Crippen LogP contribution < -0.4 is 0 Å². The van der Waals surface area contributed by atoms with E-state index in [1.165, 1.54) is 0 Å². The predicted molar refractivity (Wildman–Crippen MR) is 55.7 cm³/mol. The summed E-state index contributed by atoms with van der Waals surface area (Å²) >= 11 is 11.7. The van der Waals surface area contributed by atoms with Gasteiger partial charge in [-0.3, -0.25) is 0 Å². The minimum absolute atomic E-state index is 0.282. The average molecular weight is 233 g/mol. The molecule has 1 aromatic carbocycles. The molecule has 0 atom stereocenters. The molecule has 1 aromatic rings. The van der Waals surface area contributed by atoms with Crippen LogP contribution in [0.3, 0.4) is 0 Å². The fourth-order valence-electron chi connectivity index (χ4n) is 1.44. The minimum atomic E-state index is -0.282. The average Bonchev–Trinajstić information content (AvgIpc) is 2.69. The molecule has 14 heavy (non-hydrogen) atoms. The second kappa shape index (κ2) is 4.49. The SMILES string of the molecule is ClCc1cc(Cl)cc(C2OCCO2)c1. The Morgan fingerprint density at radius 1 is 1.21 bits per heavy atom. The van der Waals surface area contributed by atoms with Crippen LogP contribution >= 0.6 is 23.2 Å². The van der Waals surface area contributed by atoms with E-state index in [4.69, 9.17) is 32.7 Å². The zero-order valence-electron chi connectivity index (χ0n) is 7.50. The van der Waals surface area contributed by atoms with Crippen molar-refractivity contribution in [2.75, 3.05) is 13.2 Å². The third-order valence-corrected chi connectivity index (χ3v) is 2.55. The number of benzene rings is 1. The summed E-state index contributed by atoms with van der Waals surface area (Å²) in [6.45, 7) is 1.26. The van der Waals surface area contributed by atoms with Crippen molar-refractivity contribution >= 4 is 23.2 Å². The number of halogens is 2. The van der Waals surface area contributed by atoms with Crippen molar-refractivity contribution in [2.24, 2.45) is 0 Å². The van der Waals surface area contributed by atoms with Crippen LogP contribution in [0.25, 0.3) is 0 Å². The van der Waals surface area contributed by atoms with Crippen molar-refractivity contribution < 1.29 is 9.47 Å². The predicted octanol–water partition coefficient (Wildman–Crippen LogP) is 3.12. The van der Waals surface area contributed by atoms with Crippen LogP contribution in [0, 0.1) is 0 Å². The molecular weight excluding hydrogens is 223 g/mol. The van der Waals surface area contributed by atoms with Gasteiger partial charge < -0.3 is 9.47 Å². The molecule has 0 spiro atoms. The standard InChI is InChI=1S/C10H10Cl2O2/c11-6-7-3-8(5-9(12)4-7)10-13-1-2-14-10/h3-5,10H,1-2,6H2. The fraction of sp³-hybridized carbons (Fsp3) is 0.400. The highest BCUT2D eigenvalue weighted by Crippen LogP contribution is 2.27. The molecule has 0 saturated carbocycles. The van der Waals surface area contributed by atoms with Gasteiger partial charge in [0, 0.05) is 16.5 Å². The zero-order chi connectivity index (χ0) is 9.97. The molecule has 0 N–H and O–H groups in total. The van der Waals surface area contributed by atoms with E-state index in [1.54, 1.807) is 0 Å². The summed E-state index contributed by atoms with van der Waals surface area (Å²) in [5.41, 5.74) is 1.92. The van der Waals surface area contributed by atoms with Crippen LogP contribution in [-0.2, 0) is 15.4 Å². The summed E-state index contributed by atoms with van der Waals surface area (Å²) < 4.78 is 10.7. The molecule has 0 amide bonds. The fourth-order valence-corrected chi connectivity index (χ4v) is 1.86. The van der Waals surface area contributed by atoms with Gasteiger partial charge in [-0.2, -0.15) is 0 Å². The van der Waals surface area contributed by atoms with Crippen molar-refractivity contribution in [3.8, 4) is 0 Å². The van der Waals surface area contributed by atoms with E-state index in [2.05, 4.69) is 0 Å². The van der Waals surface area contributed by atoms with Gasteiger partial charge in [-0.15, -0.1) is 11.6 Å². The maximum absolute atomic E-state index is 5.94. The third-order valence-electron chi connectivity index (χ3n) is 2.03. The molecule has 1 saturated heterocycles. The highest BCUT2D eigenvalue weighted by molar-refractivity contribution is 6.30. The zero-order valence-corrected chi connectivity index (χ0v) is 9.02. The molecule has 1 aliphatic heterocycles. The molecule has 76 valence electrons. The van der Waals surface area contributed by atoms with Gasteiger partial charge in [-0.1, -0.05) is 11.6 Å². The Labute approximate surface area is 92.7 Å². The molecule has 4 heteroatoms. The van der Waals surface area contributed by atoms with Gasteiger partial charge >= 0.3 is 0 Å². The largest absolute Gasteiger partial charge is 0.346 e. The van der Waals surface area contributed by atoms with E-state index in [0.29, 0.717) is 24.1 Å². The maximum atomic E-state index is 5.94. The van der Waals surface area contributed by atoms with Gasteiger partial charge in [0.25, 0.3) is 0 Å². The van der Waals surface area contributed by atoms with Crippen molar-refractivity contribution in [1.82, 2.24) is 0 Å². The first kappa shape index (κ1) is 10.2. The van der Waals surface area contributed by atoms with Crippen molar-refractivity contribution in [3.05, 3.63) is 34.3 Å². The first-order valence-electron chi connectivity index (χ1n) is 4.38. The van der Waals surface area contributed by atoms with Crippen LogP contribution in [0.5, 0.6) is 0 Å². The van der Waals surface area contributed by atoms with Crippen molar-refractivity contribution in [3.63, 3.8) is 0 Å². The van der Waals surface area contributed by atoms with E-state index in [-0.39, 0.29) is 6.29 Å². The lowest BCUT2D eigenvalue weighted by atomic mass is 10.1. The maximum Gasteiger partial charge on any atom is 0.184 e. The number of hydrogen-bond donors (Lipinski definition) is 0. The number of ether oxygens (including phenoxy) is 2. The van der Waals surface area contributed by atoms with Crippen LogP contribution in [-0.4, -0.2) is 13.2 Å².